The van der Waals surface area contributed by atoms with E-state index in [9.17, 15) is 4.79 Å². The number of hydrogen-bond acceptors (Lipinski definition) is 1. The van der Waals surface area contributed by atoms with Gasteiger partial charge in [0.05, 0.1) is 10.0 Å². The van der Waals surface area contributed by atoms with Gasteiger partial charge in [0.25, 0.3) is 0 Å². The van der Waals surface area contributed by atoms with Gasteiger partial charge in [0.2, 0.25) is 5.91 Å². The summed E-state index contributed by atoms with van der Waals surface area (Å²) in [4.78, 5) is 14.2. The van der Waals surface area contributed by atoms with Crippen molar-refractivity contribution < 1.29 is 4.79 Å². The van der Waals surface area contributed by atoms with Gasteiger partial charge in [-0.15, -0.1) is 0 Å². The Morgan fingerprint density at radius 1 is 1.21 bits per heavy atom. The maximum absolute atomic E-state index is 12.3. The maximum atomic E-state index is 12.3. The Bertz CT molecular complexity index is 560. The molecule has 1 heterocycles. The topological polar surface area (TPSA) is 20.3 Å². The summed E-state index contributed by atoms with van der Waals surface area (Å²) in [5.41, 5.74) is 4.03. The normalized spacial score (nSPS) is 14.1. The first kappa shape index (κ1) is 14.4. The molecule has 0 unspecified atom stereocenters. The van der Waals surface area contributed by atoms with E-state index in [1.165, 1.54) is 5.56 Å². The van der Waals surface area contributed by atoms with Crippen LogP contribution in [-0.4, -0.2) is 17.4 Å². The molecule has 0 atom stereocenters. The van der Waals surface area contributed by atoms with Crippen LogP contribution in [0.3, 0.4) is 0 Å². The second-order valence-corrected chi connectivity index (χ2v) is 5.89. The summed E-state index contributed by atoms with van der Waals surface area (Å²) in [5, 5.41) is 1.13. The van der Waals surface area contributed by atoms with Gasteiger partial charge in [-0.3, -0.25) is 4.79 Å². The molecule has 0 aromatic heterocycles. The molecule has 0 bridgehead atoms. The van der Waals surface area contributed by atoms with Gasteiger partial charge in [0.1, 0.15) is 0 Å². The van der Waals surface area contributed by atoms with Crippen LogP contribution in [0.25, 0.3) is 0 Å². The minimum Gasteiger partial charge on any atom is -0.334 e. The van der Waals surface area contributed by atoms with Crippen molar-refractivity contribution in [3.8, 4) is 0 Å². The molecule has 0 spiro atoms. The van der Waals surface area contributed by atoms with E-state index in [4.69, 9.17) is 23.2 Å². The third-order valence-electron chi connectivity index (χ3n) is 3.65. The van der Waals surface area contributed by atoms with Gasteiger partial charge in [-0.1, -0.05) is 34.8 Å². The smallest absolute Gasteiger partial charge is 0.249 e. The first-order valence-corrected chi connectivity index (χ1v) is 7.06. The highest BCUT2D eigenvalue weighted by molar-refractivity contribution is 6.42. The summed E-state index contributed by atoms with van der Waals surface area (Å²) in [5.74, 6) is 0.0849. The Balaban J connectivity index is 2.30. The summed E-state index contributed by atoms with van der Waals surface area (Å²) >= 11 is 12.3. The second-order valence-electron chi connectivity index (χ2n) is 5.10. The van der Waals surface area contributed by atoms with Crippen molar-refractivity contribution in [2.24, 2.45) is 0 Å². The third kappa shape index (κ3) is 2.80. The molecule has 1 amide bonds. The molecular formula is C15H17Cl2NO. The summed E-state index contributed by atoms with van der Waals surface area (Å²) in [6.45, 7) is 7.04. The number of halogens is 2. The molecule has 19 heavy (non-hydrogen) atoms. The average molecular weight is 298 g/mol. The van der Waals surface area contributed by atoms with Gasteiger partial charge in [0.15, 0.2) is 0 Å². The van der Waals surface area contributed by atoms with Crippen LogP contribution < -0.4 is 0 Å². The van der Waals surface area contributed by atoms with Gasteiger partial charge in [-0.2, -0.15) is 0 Å². The average Bonchev–Trinajstić information content (AvgIpc) is 2.41. The quantitative estimate of drug-likeness (QED) is 0.710. The molecule has 1 aliphatic heterocycles. The van der Waals surface area contributed by atoms with E-state index in [1.54, 1.807) is 0 Å². The molecule has 0 aliphatic carbocycles. The van der Waals surface area contributed by atoms with E-state index in [1.807, 2.05) is 37.8 Å². The molecule has 1 aromatic rings. The largest absolute Gasteiger partial charge is 0.334 e. The standard InChI is InChI=1S/C15H17Cl2NO/c1-9(2)10(3)15(19)18-7-6-11-4-5-13(16)14(17)12(11)8-18/h4-5H,6-8H2,1-3H3. The molecule has 0 fully saturated rings. The SMILES string of the molecule is CC(C)=C(C)C(=O)N1CCc2ccc(Cl)c(Cl)c2C1. The molecule has 1 aromatic carbocycles. The lowest BCUT2D eigenvalue weighted by Crippen LogP contribution is -2.36. The number of rotatable bonds is 1. The lowest BCUT2D eigenvalue weighted by atomic mass is 9.98. The van der Waals surface area contributed by atoms with Crippen LogP contribution in [0.4, 0.5) is 0 Å². The molecule has 2 nitrogen and oxygen atoms in total. The van der Waals surface area contributed by atoms with Crippen LogP contribution in [0, 0.1) is 0 Å². The highest BCUT2D eigenvalue weighted by Crippen LogP contribution is 2.32. The Hall–Kier alpha value is -0.990. The minimum atomic E-state index is 0.0849. The number of carbonyl (C=O) groups is 1. The summed E-state index contributed by atoms with van der Waals surface area (Å²) in [6, 6.07) is 3.82. The van der Waals surface area contributed by atoms with Crippen LogP contribution >= 0.6 is 23.2 Å². The number of nitrogens with zero attached hydrogens (tertiary/aromatic N) is 1. The fourth-order valence-corrected chi connectivity index (χ4v) is 2.61. The van der Waals surface area contributed by atoms with E-state index >= 15 is 0 Å². The Kier molecular flexibility index (Phi) is 4.22. The summed E-state index contributed by atoms with van der Waals surface area (Å²) < 4.78 is 0. The second kappa shape index (κ2) is 5.56. The number of hydrogen-bond donors (Lipinski definition) is 0. The highest BCUT2D eigenvalue weighted by Gasteiger charge is 2.24. The van der Waals surface area contributed by atoms with E-state index in [2.05, 4.69) is 0 Å². The van der Waals surface area contributed by atoms with Crippen LogP contribution in [0.5, 0.6) is 0 Å². The number of amides is 1. The number of allylic oxidation sites excluding steroid dienone is 1. The van der Waals surface area contributed by atoms with E-state index < -0.39 is 0 Å². The molecular weight excluding hydrogens is 281 g/mol. The Labute approximate surface area is 124 Å². The fourth-order valence-electron chi connectivity index (χ4n) is 2.19. The number of fused-ring (bicyclic) bond motifs is 1. The van der Waals surface area contributed by atoms with Crippen molar-refractivity contribution in [2.75, 3.05) is 6.54 Å². The Morgan fingerprint density at radius 2 is 1.89 bits per heavy atom. The molecule has 4 heteroatoms. The van der Waals surface area contributed by atoms with Gasteiger partial charge < -0.3 is 4.90 Å². The van der Waals surface area contributed by atoms with E-state index in [0.717, 1.165) is 29.7 Å². The molecule has 0 saturated carbocycles. The van der Waals surface area contributed by atoms with Gasteiger partial charge in [0, 0.05) is 18.7 Å². The molecule has 0 N–H and O–H groups in total. The van der Waals surface area contributed by atoms with Crippen LogP contribution in [0.15, 0.2) is 23.3 Å². The zero-order valence-corrected chi connectivity index (χ0v) is 12.9. The molecule has 2 rings (SSSR count). The fraction of sp³-hybridized carbons (Fsp3) is 0.400. The van der Waals surface area contributed by atoms with Crippen LogP contribution in [-0.2, 0) is 17.8 Å². The molecule has 0 saturated heterocycles. The van der Waals surface area contributed by atoms with Crippen molar-refractivity contribution in [3.05, 3.63) is 44.5 Å². The first-order chi connectivity index (χ1) is 8.91. The van der Waals surface area contributed by atoms with Crippen LogP contribution in [0.2, 0.25) is 10.0 Å². The lowest BCUT2D eigenvalue weighted by molar-refractivity contribution is -0.128. The van der Waals surface area contributed by atoms with Crippen molar-refractivity contribution in [3.63, 3.8) is 0 Å². The zero-order chi connectivity index (χ0) is 14.2. The van der Waals surface area contributed by atoms with Gasteiger partial charge in [-0.25, -0.2) is 0 Å². The zero-order valence-electron chi connectivity index (χ0n) is 11.4. The van der Waals surface area contributed by atoms with Crippen molar-refractivity contribution in [1.82, 2.24) is 4.90 Å². The molecule has 0 radical (unpaired) electrons. The van der Waals surface area contributed by atoms with E-state index in [-0.39, 0.29) is 5.91 Å². The summed E-state index contributed by atoms with van der Waals surface area (Å²) in [7, 11) is 0. The first-order valence-electron chi connectivity index (χ1n) is 6.31. The highest BCUT2D eigenvalue weighted by atomic mass is 35.5. The lowest BCUT2D eigenvalue weighted by Gasteiger charge is -2.30. The maximum Gasteiger partial charge on any atom is 0.249 e. The number of benzene rings is 1. The van der Waals surface area contributed by atoms with Crippen molar-refractivity contribution in [1.29, 1.82) is 0 Å². The third-order valence-corrected chi connectivity index (χ3v) is 4.49. The Morgan fingerprint density at radius 3 is 2.53 bits per heavy atom. The number of carbonyl (C=O) groups excluding carboxylic acids is 1. The molecule has 1 aliphatic rings. The monoisotopic (exact) mass is 297 g/mol. The predicted molar refractivity (Wildman–Crippen MR) is 79.6 cm³/mol. The van der Waals surface area contributed by atoms with Crippen molar-refractivity contribution in [2.45, 2.75) is 33.7 Å². The van der Waals surface area contributed by atoms with Gasteiger partial charge in [-0.05, 0) is 44.4 Å². The van der Waals surface area contributed by atoms with Crippen LogP contribution in [0.1, 0.15) is 31.9 Å². The minimum absolute atomic E-state index is 0.0849. The van der Waals surface area contributed by atoms with Gasteiger partial charge >= 0.3 is 0 Å². The molecule has 102 valence electrons. The van der Waals surface area contributed by atoms with Crippen molar-refractivity contribution >= 4 is 29.1 Å². The predicted octanol–water partition coefficient (Wildman–Crippen LogP) is 4.23. The van der Waals surface area contributed by atoms with E-state index in [0.29, 0.717) is 16.6 Å². The summed E-state index contributed by atoms with van der Waals surface area (Å²) in [6.07, 6.45) is 0.827.